The van der Waals surface area contributed by atoms with Crippen LogP contribution in [0.5, 0.6) is 5.75 Å². The van der Waals surface area contributed by atoms with Crippen LogP contribution < -0.4 is 10.1 Å². The van der Waals surface area contributed by atoms with Gasteiger partial charge in [0.2, 0.25) is 5.91 Å². The number of nitrogens with one attached hydrogen (secondary N) is 1. The molecule has 144 valence electrons. The molecule has 1 saturated heterocycles. The van der Waals surface area contributed by atoms with Crippen molar-refractivity contribution in [1.82, 2.24) is 4.90 Å². The van der Waals surface area contributed by atoms with Crippen LogP contribution in [0.2, 0.25) is 0 Å². The lowest BCUT2D eigenvalue weighted by atomic mass is 9.89. The second-order valence-electron chi connectivity index (χ2n) is 7.16. The van der Waals surface area contributed by atoms with E-state index in [9.17, 15) is 9.90 Å². The van der Waals surface area contributed by atoms with Gasteiger partial charge in [-0.2, -0.15) is 0 Å². The van der Waals surface area contributed by atoms with E-state index in [1.807, 2.05) is 0 Å². The number of hydrogen-bond acceptors (Lipinski definition) is 4. The third-order valence-electron chi connectivity index (χ3n) is 4.94. The van der Waals surface area contributed by atoms with Gasteiger partial charge in [-0.1, -0.05) is 30.3 Å². The number of β-amino-alcohol motifs (C(OH)–C–C–N with tert-alkyl or cyclic N) is 1. The van der Waals surface area contributed by atoms with Crippen LogP contribution in [0.25, 0.3) is 0 Å². The molecule has 0 radical (unpaired) electrons. The maximum absolute atomic E-state index is 11.0. The number of anilines is 1. The molecular weight excluding hydrogens is 340 g/mol. The Morgan fingerprint density at radius 2 is 1.81 bits per heavy atom. The first kappa shape index (κ1) is 19.4. The van der Waals surface area contributed by atoms with Gasteiger partial charge in [0.1, 0.15) is 18.5 Å². The van der Waals surface area contributed by atoms with Crippen molar-refractivity contribution >= 4 is 11.6 Å². The number of nitrogens with zero attached hydrogens (tertiary/aromatic N) is 1. The molecule has 3 rings (SSSR count). The normalized spacial score (nSPS) is 16.7. The minimum absolute atomic E-state index is 0.102. The first-order valence-electron chi connectivity index (χ1n) is 9.56. The SMILES string of the molecule is CC(=O)Nc1ccc(OCC(O)CN2CCC(c3ccccc3)CC2)cc1. The summed E-state index contributed by atoms with van der Waals surface area (Å²) in [7, 11) is 0. The Bertz CT molecular complexity index is 710. The fourth-order valence-corrected chi connectivity index (χ4v) is 3.55. The Hall–Kier alpha value is -2.37. The molecule has 27 heavy (non-hydrogen) atoms. The van der Waals surface area contributed by atoms with Gasteiger partial charge in [-0.05, 0) is 61.7 Å². The third-order valence-corrected chi connectivity index (χ3v) is 4.94. The number of piperidine rings is 1. The Balaban J connectivity index is 1.38. The molecule has 1 aliphatic heterocycles. The van der Waals surface area contributed by atoms with Crippen LogP contribution in [0, 0.1) is 0 Å². The molecular formula is C22H28N2O3. The smallest absolute Gasteiger partial charge is 0.221 e. The number of aliphatic hydroxyl groups excluding tert-OH is 1. The van der Waals surface area contributed by atoms with Crippen LogP contribution in [0.1, 0.15) is 31.2 Å². The molecule has 0 spiro atoms. The zero-order valence-electron chi connectivity index (χ0n) is 15.8. The van der Waals surface area contributed by atoms with E-state index in [2.05, 4.69) is 40.5 Å². The monoisotopic (exact) mass is 368 g/mol. The summed E-state index contributed by atoms with van der Waals surface area (Å²) in [6, 6.07) is 17.8. The molecule has 2 aromatic rings. The highest BCUT2D eigenvalue weighted by atomic mass is 16.5. The summed E-state index contributed by atoms with van der Waals surface area (Å²) in [5.74, 6) is 1.21. The molecule has 1 unspecified atom stereocenters. The summed E-state index contributed by atoms with van der Waals surface area (Å²) < 4.78 is 5.67. The summed E-state index contributed by atoms with van der Waals surface area (Å²) in [6.45, 7) is 4.37. The second-order valence-corrected chi connectivity index (χ2v) is 7.16. The fraction of sp³-hybridized carbons (Fsp3) is 0.409. The molecule has 2 N–H and O–H groups in total. The van der Waals surface area contributed by atoms with E-state index in [-0.39, 0.29) is 12.5 Å². The summed E-state index contributed by atoms with van der Waals surface area (Å²) >= 11 is 0. The van der Waals surface area contributed by atoms with Crippen LogP contribution in [0.3, 0.4) is 0 Å². The lowest BCUT2D eigenvalue weighted by Gasteiger charge is -2.33. The van der Waals surface area contributed by atoms with Gasteiger partial charge in [0.05, 0.1) is 0 Å². The third kappa shape index (κ3) is 6.08. The zero-order valence-corrected chi connectivity index (χ0v) is 15.8. The lowest BCUT2D eigenvalue weighted by Crippen LogP contribution is -2.40. The first-order valence-corrected chi connectivity index (χ1v) is 9.56. The highest BCUT2D eigenvalue weighted by Gasteiger charge is 2.22. The Morgan fingerprint density at radius 3 is 2.44 bits per heavy atom. The lowest BCUT2D eigenvalue weighted by molar-refractivity contribution is -0.114. The van der Waals surface area contributed by atoms with Crippen LogP contribution in [0.15, 0.2) is 54.6 Å². The number of benzene rings is 2. The summed E-state index contributed by atoms with van der Waals surface area (Å²) in [6.07, 6.45) is 1.73. The van der Waals surface area contributed by atoms with Crippen molar-refractivity contribution in [2.45, 2.75) is 31.8 Å². The van der Waals surface area contributed by atoms with Crippen molar-refractivity contribution in [1.29, 1.82) is 0 Å². The van der Waals surface area contributed by atoms with Crippen molar-refractivity contribution in [2.24, 2.45) is 0 Å². The molecule has 1 amide bonds. The molecule has 1 atom stereocenters. The van der Waals surface area contributed by atoms with Gasteiger partial charge < -0.3 is 20.1 Å². The Morgan fingerprint density at radius 1 is 1.15 bits per heavy atom. The molecule has 0 saturated carbocycles. The Labute approximate surface area is 161 Å². The van der Waals surface area contributed by atoms with Crippen molar-refractivity contribution in [3.63, 3.8) is 0 Å². The van der Waals surface area contributed by atoms with E-state index < -0.39 is 6.10 Å². The van der Waals surface area contributed by atoms with Gasteiger partial charge in [-0.15, -0.1) is 0 Å². The number of likely N-dealkylation sites (tertiary alicyclic amines) is 1. The van der Waals surface area contributed by atoms with E-state index in [1.54, 1.807) is 24.3 Å². The van der Waals surface area contributed by atoms with E-state index in [0.717, 1.165) is 31.6 Å². The molecule has 1 aliphatic rings. The summed E-state index contributed by atoms with van der Waals surface area (Å²) in [5.41, 5.74) is 2.15. The van der Waals surface area contributed by atoms with Crippen LogP contribution in [0.4, 0.5) is 5.69 Å². The number of hydrogen-bond donors (Lipinski definition) is 2. The van der Waals surface area contributed by atoms with E-state index in [4.69, 9.17) is 4.74 Å². The largest absolute Gasteiger partial charge is 0.491 e. The van der Waals surface area contributed by atoms with Crippen LogP contribution in [-0.2, 0) is 4.79 Å². The maximum Gasteiger partial charge on any atom is 0.221 e. The molecule has 5 nitrogen and oxygen atoms in total. The Kier molecular flexibility index (Phi) is 6.85. The maximum atomic E-state index is 11.0. The van der Waals surface area contributed by atoms with Gasteiger partial charge in [-0.25, -0.2) is 0 Å². The summed E-state index contributed by atoms with van der Waals surface area (Å²) in [5, 5.41) is 13.0. The van der Waals surface area contributed by atoms with Gasteiger partial charge in [0, 0.05) is 19.2 Å². The number of ether oxygens (including phenoxy) is 1. The first-order chi connectivity index (χ1) is 13.1. The van der Waals surface area contributed by atoms with Crippen LogP contribution >= 0.6 is 0 Å². The van der Waals surface area contributed by atoms with Gasteiger partial charge >= 0.3 is 0 Å². The topological polar surface area (TPSA) is 61.8 Å². The van der Waals surface area contributed by atoms with E-state index in [1.165, 1.54) is 12.5 Å². The molecule has 1 heterocycles. The second kappa shape index (κ2) is 9.53. The molecule has 5 heteroatoms. The number of rotatable bonds is 7. The zero-order chi connectivity index (χ0) is 19.1. The average molecular weight is 368 g/mol. The summed E-state index contributed by atoms with van der Waals surface area (Å²) in [4.78, 5) is 13.3. The fourth-order valence-electron chi connectivity index (χ4n) is 3.55. The van der Waals surface area contributed by atoms with Crippen molar-refractivity contribution in [2.75, 3.05) is 31.6 Å². The van der Waals surface area contributed by atoms with E-state index in [0.29, 0.717) is 18.2 Å². The molecule has 2 aromatic carbocycles. The van der Waals surface area contributed by atoms with Gasteiger partial charge in [0.25, 0.3) is 0 Å². The molecule has 1 fully saturated rings. The number of aliphatic hydroxyl groups is 1. The number of carbonyl (C=O) groups excluding carboxylic acids is 1. The van der Waals surface area contributed by atoms with Crippen molar-refractivity contribution < 1.29 is 14.6 Å². The number of amides is 1. The van der Waals surface area contributed by atoms with Crippen LogP contribution in [-0.4, -0.2) is 48.3 Å². The highest BCUT2D eigenvalue weighted by Crippen LogP contribution is 2.27. The molecule has 0 bridgehead atoms. The average Bonchev–Trinajstić information content (AvgIpc) is 2.68. The quantitative estimate of drug-likeness (QED) is 0.787. The highest BCUT2D eigenvalue weighted by molar-refractivity contribution is 5.88. The molecule has 0 aliphatic carbocycles. The van der Waals surface area contributed by atoms with E-state index >= 15 is 0 Å². The van der Waals surface area contributed by atoms with Gasteiger partial charge in [-0.3, -0.25) is 4.79 Å². The minimum atomic E-state index is -0.520. The molecule has 0 aromatic heterocycles. The van der Waals surface area contributed by atoms with Crippen molar-refractivity contribution in [3.05, 3.63) is 60.2 Å². The van der Waals surface area contributed by atoms with Crippen molar-refractivity contribution in [3.8, 4) is 5.75 Å². The van der Waals surface area contributed by atoms with Gasteiger partial charge in [0.15, 0.2) is 0 Å². The standard InChI is InChI=1S/C22H28N2O3/c1-17(25)23-20-7-9-22(10-8-20)27-16-21(26)15-24-13-11-19(12-14-24)18-5-3-2-4-6-18/h2-10,19,21,26H,11-16H2,1H3,(H,23,25). The number of carbonyl (C=O) groups is 1. The predicted octanol–water partition coefficient (Wildman–Crippen LogP) is 3.26. The predicted molar refractivity (Wildman–Crippen MR) is 107 cm³/mol. The minimum Gasteiger partial charge on any atom is -0.491 e.